The van der Waals surface area contributed by atoms with Crippen molar-refractivity contribution in [1.29, 1.82) is 0 Å². The van der Waals surface area contributed by atoms with Gasteiger partial charge >= 0.3 is 11.9 Å². The predicted octanol–water partition coefficient (Wildman–Crippen LogP) is 0.0122. The highest BCUT2D eigenvalue weighted by molar-refractivity contribution is 5.89. The summed E-state index contributed by atoms with van der Waals surface area (Å²) in [5.74, 6) is -2.50. The number of ether oxygens (including phenoxy) is 1. The van der Waals surface area contributed by atoms with Gasteiger partial charge in [-0.1, -0.05) is 0 Å². The number of carboxylic acid groups (broad SMARTS) is 1. The molecular formula is C13H21NO6. The fourth-order valence-electron chi connectivity index (χ4n) is 2.09. The summed E-state index contributed by atoms with van der Waals surface area (Å²) >= 11 is 0. The van der Waals surface area contributed by atoms with Crippen LogP contribution in [0, 0.1) is 5.92 Å². The van der Waals surface area contributed by atoms with Crippen LogP contribution in [-0.2, 0) is 19.1 Å². The SMILES string of the molecule is CC(C)(C)OC(=O)[C@H](CC(=O)O)N1CC(CO)CC1=O. The van der Waals surface area contributed by atoms with Crippen molar-refractivity contribution in [2.75, 3.05) is 13.2 Å². The van der Waals surface area contributed by atoms with Gasteiger partial charge in [0.2, 0.25) is 5.91 Å². The number of carbonyl (C=O) groups is 3. The lowest BCUT2D eigenvalue weighted by molar-refractivity contribution is -0.166. The second-order valence-electron chi connectivity index (χ2n) is 5.95. The van der Waals surface area contributed by atoms with E-state index in [1.807, 2.05) is 0 Å². The fourth-order valence-corrected chi connectivity index (χ4v) is 2.09. The zero-order valence-corrected chi connectivity index (χ0v) is 12.0. The summed E-state index contributed by atoms with van der Waals surface area (Å²) in [7, 11) is 0. The molecule has 0 aromatic rings. The number of hydrogen-bond acceptors (Lipinski definition) is 5. The average Bonchev–Trinajstić information content (AvgIpc) is 2.64. The molecule has 1 aliphatic rings. The first-order valence-electron chi connectivity index (χ1n) is 6.49. The summed E-state index contributed by atoms with van der Waals surface area (Å²) in [4.78, 5) is 36.0. The molecule has 0 bridgehead atoms. The second-order valence-corrected chi connectivity index (χ2v) is 5.95. The van der Waals surface area contributed by atoms with E-state index in [4.69, 9.17) is 14.9 Å². The molecule has 0 saturated carbocycles. The number of carboxylic acids is 1. The Bertz CT molecular complexity index is 400. The van der Waals surface area contributed by atoms with E-state index < -0.39 is 30.0 Å². The van der Waals surface area contributed by atoms with Gasteiger partial charge in [0.15, 0.2) is 0 Å². The van der Waals surface area contributed by atoms with Crippen molar-refractivity contribution in [3.63, 3.8) is 0 Å². The van der Waals surface area contributed by atoms with Gasteiger partial charge in [-0.25, -0.2) is 4.79 Å². The number of aliphatic hydroxyl groups excluding tert-OH is 1. The first kappa shape index (κ1) is 16.4. The third-order valence-corrected chi connectivity index (χ3v) is 2.92. The number of nitrogens with zero attached hydrogens (tertiary/aromatic N) is 1. The molecule has 0 aromatic carbocycles. The van der Waals surface area contributed by atoms with Crippen LogP contribution in [0.4, 0.5) is 0 Å². The van der Waals surface area contributed by atoms with Gasteiger partial charge in [0.05, 0.1) is 6.42 Å². The van der Waals surface area contributed by atoms with Crippen molar-refractivity contribution in [3.05, 3.63) is 0 Å². The maximum atomic E-state index is 12.1. The standard InChI is InChI=1S/C13H21NO6/c1-13(2,3)20-12(19)9(5-11(17)18)14-6-8(7-15)4-10(14)16/h8-9,15H,4-7H2,1-3H3,(H,17,18)/t8?,9-/m0/s1. The minimum atomic E-state index is -1.18. The van der Waals surface area contributed by atoms with Gasteiger partial charge in [-0.3, -0.25) is 9.59 Å². The molecule has 0 radical (unpaired) electrons. The van der Waals surface area contributed by atoms with Crippen LogP contribution in [0.1, 0.15) is 33.6 Å². The van der Waals surface area contributed by atoms with Crippen LogP contribution in [0.3, 0.4) is 0 Å². The normalized spacial score (nSPS) is 20.9. The molecule has 0 aliphatic carbocycles. The van der Waals surface area contributed by atoms with E-state index in [2.05, 4.69) is 0 Å². The molecule has 7 heteroatoms. The highest BCUT2D eigenvalue weighted by atomic mass is 16.6. The van der Waals surface area contributed by atoms with Gasteiger partial charge in [-0.2, -0.15) is 0 Å². The van der Waals surface area contributed by atoms with E-state index in [1.54, 1.807) is 20.8 Å². The van der Waals surface area contributed by atoms with E-state index in [0.717, 1.165) is 0 Å². The Kier molecular flexibility index (Phi) is 5.10. The van der Waals surface area contributed by atoms with Crippen molar-refractivity contribution in [1.82, 2.24) is 4.90 Å². The van der Waals surface area contributed by atoms with E-state index in [9.17, 15) is 14.4 Å². The van der Waals surface area contributed by atoms with Crippen molar-refractivity contribution in [2.45, 2.75) is 45.3 Å². The Hall–Kier alpha value is -1.63. The monoisotopic (exact) mass is 287 g/mol. The van der Waals surface area contributed by atoms with Gasteiger partial charge in [0, 0.05) is 25.5 Å². The minimum absolute atomic E-state index is 0.120. The highest BCUT2D eigenvalue weighted by Gasteiger charge is 2.40. The second kappa shape index (κ2) is 6.21. The molecule has 1 unspecified atom stereocenters. The topological polar surface area (TPSA) is 104 Å². The number of aliphatic carboxylic acids is 1. The number of carbonyl (C=O) groups excluding carboxylic acids is 2. The van der Waals surface area contributed by atoms with Crippen molar-refractivity contribution in [3.8, 4) is 0 Å². The number of esters is 1. The van der Waals surface area contributed by atoms with Gasteiger partial charge in [0.1, 0.15) is 11.6 Å². The molecule has 1 fully saturated rings. The quantitative estimate of drug-likeness (QED) is 0.690. The summed E-state index contributed by atoms with van der Waals surface area (Å²) in [5, 5.41) is 18.0. The first-order chi connectivity index (χ1) is 9.14. The molecule has 1 heterocycles. The maximum Gasteiger partial charge on any atom is 0.329 e. The summed E-state index contributed by atoms with van der Waals surface area (Å²) in [6.45, 7) is 5.02. The molecule has 2 N–H and O–H groups in total. The van der Waals surface area contributed by atoms with Crippen LogP contribution in [0.25, 0.3) is 0 Å². The lowest BCUT2D eigenvalue weighted by Gasteiger charge is -2.29. The molecule has 1 saturated heterocycles. The third-order valence-electron chi connectivity index (χ3n) is 2.92. The molecule has 2 atom stereocenters. The van der Waals surface area contributed by atoms with E-state index >= 15 is 0 Å². The molecular weight excluding hydrogens is 266 g/mol. The lowest BCUT2D eigenvalue weighted by Crippen LogP contribution is -2.46. The third kappa shape index (κ3) is 4.48. The van der Waals surface area contributed by atoms with Gasteiger partial charge in [-0.15, -0.1) is 0 Å². The zero-order valence-electron chi connectivity index (χ0n) is 12.0. The lowest BCUT2D eigenvalue weighted by atomic mass is 10.1. The van der Waals surface area contributed by atoms with E-state index in [1.165, 1.54) is 4.90 Å². The maximum absolute atomic E-state index is 12.1. The Morgan fingerprint density at radius 1 is 1.45 bits per heavy atom. The largest absolute Gasteiger partial charge is 0.481 e. The zero-order chi connectivity index (χ0) is 15.5. The summed E-state index contributed by atoms with van der Waals surface area (Å²) in [6, 6.07) is -1.14. The van der Waals surface area contributed by atoms with Crippen LogP contribution in [0.5, 0.6) is 0 Å². The first-order valence-corrected chi connectivity index (χ1v) is 6.49. The predicted molar refractivity (Wildman–Crippen MR) is 68.8 cm³/mol. The van der Waals surface area contributed by atoms with Crippen LogP contribution in [0.15, 0.2) is 0 Å². The number of likely N-dealkylation sites (tertiary alicyclic amines) is 1. The van der Waals surface area contributed by atoms with Crippen LogP contribution in [0.2, 0.25) is 0 Å². The van der Waals surface area contributed by atoms with Crippen LogP contribution in [-0.4, -0.2) is 57.8 Å². The smallest absolute Gasteiger partial charge is 0.329 e. The molecule has 1 aliphatic heterocycles. The fraction of sp³-hybridized carbons (Fsp3) is 0.769. The Balaban J connectivity index is 2.87. The average molecular weight is 287 g/mol. The molecule has 0 spiro atoms. The number of amides is 1. The molecule has 1 amide bonds. The number of rotatable bonds is 5. The molecule has 7 nitrogen and oxygen atoms in total. The van der Waals surface area contributed by atoms with Crippen molar-refractivity contribution in [2.24, 2.45) is 5.92 Å². The number of aliphatic hydroxyl groups is 1. The van der Waals surface area contributed by atoms with Crippen molar-refractivity contribution < 1.29 is 29.3 Å². The number of hydrogen-bond donors (Lipinski definition) is 2. The Labute approximate surface area is 117 Å². The minimum Gasteiger partial charge on any atom is -0.481 e. The molecule has 20 heavy (non-hydrogen) atoms. The van der Waals surface area contributed by atoms with Crippen LogP contribution >= 0.6 is 0 Å². The van der Waals surface area contributed by atoms with Crippen LogP contribution < -0.4 is 0 Å². The Morgan fingerprint density at radius 3 is 2.45 bits per heavy atom. The summed E-state index contributed by atoms with van der Waals surface area (Å²) in [5.41, 5.74) is -0.757. The molecule has 1 rings (SSSR count). The van der Waals surface area contributed by atoms with Crippen molar-refractivity contribution >= 4 is 17.8 Å². The summed E-state index contributed by atoms with van der Waals surface area (Å²) in [6.07, 6.45) is -0.381. The molecule has 114 valence electrons. The van der Waals surface area contributed by atoms with Gasteiger partial charge < -0.3 is 19.8 Å². The van der Waals surface area contributed by atoms with Gasteiger partial charge in [0.25, 0.3) is 0 Å². The van der Waals surface area contributed by atoms with E-state index in [-0.39, 0.29) is 31.4 Å². The summed E-state index contributed by atoms with van der Waals surface area (Å²) < 4.78 is 5.17. The van der Waals surface area contributed by atoms with Gasteiger partial charge in [-0.05, 0) is 20.8 Å². The highest BCUT2D eigenvalue weighted by Crippen LogP contribution is 2.23. The molecule has 0 aromatic heterocycles. The van der Waals surface area contributed by atoms with E-state index in [0.29, 0.717) is 0 Å². The Morgan fingerprint density at radius 2 is 2.05 bits per heavy atom.